The van der Waals surface area contributed by atoms with E-state index < -0.39 is 34.4 Å². The molecule has 0 saturated heterocycles. The van der Waals surface area contributed by atoms with Gasteiger partial charge in [0.1, 0.15) is 12.6 Å². The minimum Gasteiger partial charge on any atom is -0.357 e. The van der Waals surface area contributed by atoms with Crippen molar-refractivity contribution in [3.8, 4) is 0 Å². The molecule has 0 radical (unpaired) electrons. The Bertz CT molecular complexity index is 1140. The van der Waals surface area contributed by atoms with Gasteiger partial charge in [-0.15, -0.1) is 0 Å². The predicted molar refractivity (Wildman–Crippen MR) is 134 cm³/mol. The van der Waals surface area contributed by atoms with Crippen molar-refractivity contribution in [2.24, 2.45) is 0 Å². The highest BCUT2D eigenvalue weighted by atomic mass is 35.5. The lowest BCUT2D eigenvalue weighted by molar-refractivity contribution is -0.140. The first-order valence-electron chi connectivity index (χ1n) is 9.76. The number of likely N-dealkylation sites (N-methyl/N-ethyl adjacent to an activating group) is 1. The number of hydrogen-bond donors (Lipinski definition) is 1. The normalized spacial score (nSPS) is 12.2. The van der Waals surface area contributed by atoms with E-state index in [1.54, 1.807) is 19.1 Å². The largest absolute Gasteiger partial charge is 0.357 e. The molecule has 180 valence electrons. The van der Waals surface area contributed by atoms with Gasteiger partial charge >= 0.3 is 0 Å². The maximum Gasteiger partial charge on any atom is 0.244 e. The molecule has 0 aliphatic heterocycles. The fraction of sp³-hybridized carbons (Fsp3) is 0.333. The average molecular weight is 555 g/mol. The van der Waals surface area contributed by atoms with Crippen LogP contribution in [0, 0.1) is 0 Å². The molecule has 0 aliphatic rings. The number of nitrogens with one attached hydrogen (secondary N) is 1. The molecule has 0 aromatic heterocycles. The van der Waals surface area contributed by atoms with Crippen LogP contribution >= 0.6 is 46.4 Å². The van der Waals surface area contributed by atoms with Crippen LogP contribution in [0.3, 0.4) is 0 Å². The Morgan fingerprint density at radius 2 is 1.61 bits per heavy atom. The molecule has 2 rings (SSSR count). The summed E-state index contributed by atoms with van der Waals surface area (Å²) < 4.78 is 26.0. The Morgan fingerprint density at radius 1 is 1.00 bits per heavy atom. The number of hydrogen-bond acceptors (Lipinski definition) is 4. The number of benzene rings is 2. The fourth-order valence-electron chi connectivity index (χ4n) is 3.19. The molecule has 2 amide bonds. The number of anilines is 1. The second-order valence-corrected chi connectivity index (χ2v) is 10.8. The molecule has 12 heteroatoms. The highest BCUT2D eigenvalue weighted by Crippen LogP contribution is 2.31. The molecule has 0 aliphatic carbocycles. The second-order valence-electron chi connectivity index (χ2n) is 7.16. The molecule has 0 bridgehead atoms. The SMILES string of the molecule is CCC(C(=O)NC)N(Cc1ccc(Cl)cc1Cl)C(=O)CN(c1cc(Cl)ccc1Cl)S(C)(=O)=O. The number of carbonyl (C=O) groups excluding carboxylic acids is 2. The van der Waals surface area contributed by atoms with Crippen LogP contribution in [0.2, 0.25) is 20.1 Å². The number of rotatable bonds is 9. The molecule has 0 heterocycles. The van der Waals surface area contributed by atoms with E-state index in [1.807, 2.05) is 0 Å². The highest BCUT2D eigenvalue weighted by Gasteiger charge is 2.32. The summed E-state index contributed by atoms with van der Waals surface area (Å²) in [7, 11) is -2.48. The van der Waals surface area contributed by atoms with E-state index in [0.717, 1.165) is 10.6 Å². The summed E-state index contributed by atoms with van der Waals surface area (Å²) in [4.78, 5) is 27.3. The zero-order valence-electron chi connectivity index (χ0n) is 18.1. The Morgan fingerprint density at radius 3 is 2.15 bits per heavy atom. The molecule has 1 N–H and O–H groups in total. The topological polar surface area (TPSA) is 86.8 Å². The number of nitrogens with zero attached hydrogens (tertiary/aromatic N) is 2. The fourth-order valence-corrected chi connectivity index (χ4v) is 4.95. The van der Waals surface area contributed by atoms with Gasteiger partial charge in [0.2, 0.25) is 21.8 Å². The van der Waals surface area contributed by atoms with E-state index in [0.29, 0.717) is 15.6 Å². The van der Waals surface area contributed by atoms with Crippen LogP contribution in [0.5, 0.6) is 0 Å². The summed E-state index contributed by atoms with van der Waals surface area (Å²) in [5.74, 6) is -1.03. The molecule has 0 fully saturated rings. The quantitative estimate of drug-likeness (QED) is 0.490. The first-order chi connectivity index (χ1) is 15.4. The third-order valence-corrected chi connectivity index (χ3v) is 7.11. The van der Waals surface area contributed by atoms with E-state index in [2.05, 4.69) is 5.32 Å². The van der Waals surface area contributed by atoms with Gasteiger partial charge in [-0.1, -0.05) is 59.4 Å². The maximum atomic E-state index is 13.5. The summed E-state index contributed by atoms with van der Waals surface area (Å²) in [6.07, 6.45) is 1.24. The van der Waals surface area contributed by atoms with Crippen molar-refractivity contribution >= 4 is 73.9 Å². The highest BCUT2D eigenvalue weighted by molar-refractivity contribution is 7.92. The zero-order chi connectivity index (χ0) is 24.9. The second kappa shape index (κ2) is 11.6. The van der Waals surface area contributed by atoms with Crippen molar-refractivity contribution in [1.82, 2.24) is 10.2 Å². The van der Waals surface area contributed by atoms with E-state index in [-0.39, 0.29) is 28.7 Å². The summed E-state index contributed by atoms with van der Waals surface area (Å²) in [5, 5.41) is 3.61. The van der Waals surface area contributed by atoms with Crippen molar-refractivity contribution < 1.29 is 18.0 Å². The van der Waals surface area contributed by atoms with E-state index in [1.165, 1.54) is 36.2 Å². The lowest BCUT2D eigenvalue weighted by Gasteiger charge is -2.33. The summed E-state index contributed by atoms with van der Waals surface area (Å²) in [6.45, 7) is 1.10. The third kappa shape index (κ3) is 7.13. The standard InChI is InChI=1S/C21H23Cl4N3O4S/c1-4-18(21(30)26-2)27(11-13-5-6-14(22)9-17(13)25)20(29)12-28(33(3,31)32)19-10-15(23)7-8-16(19)24/h5-10,18H,4,11-12H2,1-3H3,(H,26,30). The summed E-state index contributed by atoms with van der Waals surface area (Å²) >= 11 is 24.5. The van der Waals surface area contributed by atoms with Gasteiger partial charge in [0.05, 0.1) is 17.0 Å². The van der Waals surface area contributed by atoms with Gasteiger partial charge in [-0.2, -0.15) is 0 Å². The van der Waals surface area contributed by atoms with Crippen molar-refractivity contribution in [3.63, 3.8) is 0 Å². The van der Waals surface area contributed by atoms with Crippen LogP contribution < -0.4 is 9.62 Å². The van der Waals surface area contributed by atoms with Gasteiger partial charge in [0, 0.05) is 28.7 Å². The van der Waals surface area contributed by atoms with Crippen LogP contribution in [-0.2, 0) is 26.2 Å². The molecule has 0 saturated carbocycles. The minimum atomic E-state index is -3.93. The Balaban J connectivity index is 2.51. The van der Waals surface area contributed by atoms with Crippen LogP contribution in [-0.4, -0.2) is 51.0 Å². The maximum absolute atomic E-state index is 13.5. The minimum absolute atomic E-state index is 0.0400. The molecular weight excluding hydrogens is 532 g/mol. The van der Waals surface area contributed by atoms with Gasteiger partial charge in [0.25, 0.3) is 0 Å². The van der Waals surface area contributed by atoms with Gasteiger partial charge in [-0.05, 0) is 42.3 Å². The molecule has 1 atom stereocenters. The smallest absolute Gasteiger partial charge is 0.244 e. The van der Waals surface area contributed by atoms with Crippen molar-refractivity contribution in [1.29, 1.82) is 0 Å². The lowest BCUT2D eigenvalue weighted by atomic mass is 10.1. The molecule has 1 unspecified atom stereocenters. The van der Waals surface area contributed by atoms with E-state index >= 15 is 0 Å². The first kappa shape index (κ1) is 27.5. The molecule has 2 aromatic carbocycles. The molecule has 2 aromatic rings. The predicted octanol–water partition coefficient (Wildman–Crippen LogP) is 4.62. The van der Waals surface area contributed by atoms with Crippen molar-refractivity contribution in [2.45, 2.75) is 25.9 Å². The molecule has 0 spiro atoms. The number of halogens is 4. The first-order valence-corrected chi connectivity index (χ1v) is 13.1. The Kier molecular flexibility index (Phi) is 9.70. The lowest BCUT2D eigenvalue weighted by Crippen LogP contribution is -2.51. The van der Waals surface area contributed by atoms with Crippen LogP contribution in [0.25, 0.3) is 0 Å². The average Bonchev–Trinajstić information content (AvgIpc) is 2.74. The van der Waals surface area contributed by atoms with E-state index in [4.69, 9.17) is 46.4 Å². The summed E-state index contributed by atoms with van der Waals surface area (Å²) in [5.41, 5.74) is 0.598. The van der Waals surface area contributed by atoms with Crippen LogP contribution in [0.1, 0.15) is 18.9 Å². The molecule has 33 heavy (non-hydrogen) atoms. The van der Waals surface area contributed by atoms with Gasteiger partial charge in [0.15, 0.2) is 0 Å². The molecular formula is C21H23Cl4N3O4S. The van der Waals surface area contributed by atoms with Gasteiger partial charge in [-0.25, -0.2) is 8.42 Å². The molecule has 7 nitrogen and oxygen atoms in total. The number of carbonyl (C=O) groups is 2. The Labute approximate surface area is 213 Å². The van der Waals surface area contributed by atoms with Gasteiger partial charge in [-0.3, -0.25) is 13.9 Å². The van der Waals surface area contributed by atoms with Crippen LogP contribution in [0.15, 0.2) is 36.4 Å². The zero-order valence-corrected chi connectivity index (χ0v) is 22.0. The number of amides is 2. The van der Waals surface area contributed by atoms with E-state index in [9.17, 15) is 18.0 Å². The van der Waals surface area contributed by atoms with Crippen LogP contribution in [0.4, 0.5) is 5.69 Å². The third-order valence-electron chi connectivity index (χ3n) is 4.84. The monoisotopic (exact) mass is 553 g/mol. The Hall–Kier alpha value is -1.71. The van der Waals surface area contributed by atoms with Crippen molar-refractivity contribution in [3.05, 3.63) is 62.1 Å². The van der Waals surface area contributed by atoms with Crippen molar-refractivity contribution in [2.75, 3.05) is 24.2 Å². The summed E-state index contributed by atoms with van der Waals surface area (Å²) in [6, 6.07) is 8.20. The number of sulfonamides is 1. The van der Waals surface area contributed by atoms with Gasteiger partial charge < -0.3 is 10.2 Å².